The molecule has 0 bridgehead atoms. The van der Waals surface area contributed by atoms with Gasteiger partial charge in [0.2, 0.25) is 0 Å². The second kappa shape index (κ2) is 6.05. The Kier molecular flexibility index (Phi) is 3.96. The van der Waals surface area contributed by atoms with E-state index in [9.17, 15) is 9.59 Å². The molecule has 1 atom stereocenters. The van der Waals surface area contributed by atoms with Gasteiger partial charge in [0.1, 0.15) is 13.2 Å². The van der Waals surface area contributed by atoms with Crippen LogP contribution < -0.4 is 5.56 Å². The lowest BCUT2D eigenvalue weighted by Crippen LogP contribution is -2.27. The fourth-order valence-corrected chi connectivity index (χ4v) is 2.41. The second-order valence-electron chi connectivity index (χ2n) is 4.99. The molecule has 0 saturated carbocycles. The van der Waals surface area contributed by atoms with Crippen LogP contribution in [0.3, 0.4) is 0 Å². The van der Waals surface area contributed by atoms with E-state index in [1.807, 2.05) is 6.07 Å². The zero-order valence-corrected chi connectivity index (χ0v) is 11.5. The van der Waals surface area contributed by atoms with E-state index in [2.05, 4.69) is 4.98 Å². The van der Waals surface area contributed by atoms with Crippen LogP contribution in [0.1, 0.15) is 12.8 Å². The number of carbonyl (C=O) groups is 1. The summed E-state index contributed by atoms with van der Waals surface area (Å²) in [5, 5.41) is 0. The monoisotopic (exact) mass is 288 g/mol. The highest BCUT2D eigenvalue weighted by Gasteiger charge is 2.18. The first-order valence-corrected chi connectivity index (χ1v) is 6.96. The molecule has 0 aliphatic carbocycles. The number of benzene rings is 1. The number of nitrogens with zero attached hydrogens (tertiary/aromatic N) is 2. The highest BCUT2D eigenvalue weighted by molar-refractivity contribution is 5.77. The topological polar surface area (TPSA) is 70.4 Å². The molecule has 1 saturated heterocycles. The van der Waals surface area contributed by atoms with E-state index in [1.165, 1.54) is 10.8 Å². The first kappa shape index (κ1) is 13.8. The van der Waals surface area contributed by atoms with E-state index >= 15 is 0 Å². The van der Waals surface area contributed by atoms with E-state index in [0.29, 0.717) is 11.0 Å². The molecule has 1 aromatic carbocycles. The normalized spacial score (nSPS) is 18.0. The molecule has 1 fully saturated rings. The molecule has 6 heteroatoms. The molecule has 0 spiro atoms. The standard InChI is InChI=1S/C15H16N2O4/c18-14-8-16-12-5-1-2-6-13(12)17(14)9-15(19)21-10-11-4-3-7-20-11/h1-2,5-6,8,11H,3-4,7,9-10H2. The summed E-state index contributed by atoms with van der Waals surface area (Å²) in [5.74, 6) is -0.441. The van der Waals surface area contributed by atoms with Gasteiger partial charge in [-0.2, -0.15) is 0 Å². The molecule has 0 radical (unpaired) electrons. The van der Waals surface area contributed by atoms with Crippen molar-refractivity contribution in [3.63, 3.8) is 0 Å². The van der Waals surface area contributed by atoms with Gasteiger partial charge in [-0.05, 0) is 25.0 Å². The number of hydrogen-bond acceptors (Lipinski definition) is 5. The Hall–Kier alpha value is -2.21. The molecule has 21 heavy (non-hydrogen) atoms. The maximum Gasteiger partial charge on any atom is 0.326 e. The molecule has 110 valence electrons. The number of ether oxygens (including phenoxy) is 2. The first-order chi connectivity index (χ1) is 10.2. The predicted octanol–water partition coefficient (Wildman–Crippen LogP) is 1.12. The number of esters is 1. The van der Waals surface area contributed by atoms with Crippen molar-refractivity contribution in [2.45, 2.75) is 25.5 Å². The van der Waals surface area contributed by atoms with Crippen LogP contribution in [0.15, 0.2) is 35.3 Å². The molecular formula is C15H16N2O4. The third-order valence-electron chi connectivity index (χ3n) is 3.49. The van der Waals surface area contributed by atoms with Crippen LogP contribution in [0.4, 0.5) is 0 Å². The quantitative estimate of drug-likeness (QED) is 0.788. The first-order valence-electron chi connectivity index (χ1n) is 6.96. The summed E-state index contributed by atoms with van der Waals surface area (Å²) >= 11 is 0. The summed E-state index contributed by atoms with van der Waals surface area (Å²) in [5.41, 5.74) is 0.978. The van der Waals surface area contributed by atoms with Gasteiger partial charge in [0.05, 0.1) is 23.3 Å². The van der Waals surface area contributed by atoms with Crippen molar-refractivity contribution >= 4 is 17.0 Å². The molecule has 1 aromatic heterocycles. The molecule has 3 rings (SSSR count). The van der Waals surface area contributed by atoms with Crippen molar-refractivity contribution in [1.29, 1.82) is 0 Å². The molecule has 0 N–H and O–H groups in total. The minimum Gasteiger partial charge on any atom is -0.462 e. The third kappa shape index (κ3) is 3.11. The van der Waals surface area contributed by atoms with Crippen LogP contribution in [-0.4, -0.2) is 34.8 Å². The third-order valence-corrected chi connectivity index (χ3v) is 3.49. The molecule has 0 amide bonds. The van der Waals surface area contributed by atoms with E-state index < -0.39 is 5.97 Å². The summed E-state index contributed by atoms with van der Waals surface area (Å²) in [7, 11) is 0. The molecule has 2 heterocycles. The molecule has 2 aromatic rings. The average Bonchev–Trinajstić information content (AvgIpc) is 3.01. The maximum atomic E-state index is 11.9. The number of fused-ring (bicyclic) bond motifs is 1. The highest BCUT2D eigenvalue weighted by Crippen LogP contribution is 2.12. The summed E-state index contributed by atoms with van der Waals surface area (Å²) in [6.45, 7) is 0.849. The van der Waals surface area contributed by atoms with Crippen LogP contribution in [0, 0.1) is 0 Å². The van der Waals surface area contributed by atoms with Gasteiger partial charge >= 0.3 is 5.97 Å². The molecular weight excluding hydrogens is 272 g/mol. The smallest absolute Gasteiger partial charge is 0.326 e. The summed E-state index contributed by atoms with van der Waals surface area (Å²) in [4.78, 5) is 27.9. The number of hydrogen-bond donors (Lipinski definition) is 0. The lowest BCUT2D eigenvalue weighted by Gasteiger charge is -2.12. The van der Waals surface area contributed by atoms with E-state index in [4.69, 9.17) is 9.47 Å². The summed E-state index contributed by atoms with van der Waals surface area (Å²) < 4.78 is 12.0. The van der Waals surface area contributed by atoms with Gasteiger partial charge in [-0.3, -0.25) is 14.2 Å². The number of rotatable bonds is 4. The molecule has 6 nitrogen and oxygen atoms in total. The van der Waals surface area contributed by atoms with Crippen molar-refractivity contribution in [3.05, 3.63) is 40.8 Å². The van der Waals surface area contributed by atoms with Gasteiger partial charge in [-0.1, -0.05) is 12.1 Å². The Morgan fingerprint density at radius 3 is 3.10 bits per heavy atom. The van der Waals surface area contributed by atoms with Gasteiger partial charge in [0.25, 0.3) is 5.56 Å². The molecule has 1 aliphatic rings. The Morgan fingerprint density at radius 2 is 2.29 bits per heavy atom. The minimum atomic E-state index is -0.441. The van der Waals surface area contributed by atoms with Gasteiger partial charge < -0.3 is 9.47 Å². The lowest BCUT2D eigenvalue weighted by atomic mass is 10.2. The van der Waals surface area contributed by atoms with Crippen LogP contribution in [0.5, 0.6) is 0 Å². The van der Waals surface area contributed by atoms with Crippen molar-refractivity contribution in [1.82, 2.24) is 9.55 Å². The van der Waals surface area contributed by atoms with Crippen LogP contribution in [-0.2, 0) is 20.8 Å². The predicted molar refractivity (Wildman–Crippen MR) is 75.9 cm³/mol. The Bertz CT molecular complexity index is 704. The fraction of sp³-hybridized carbons (Fsp3) is 0.400. The summed E-state index contributed by atoms with van der Waals surface area (Å²) in [6.07, 6.45) is 3.11. The van der Waals surface area contributed by atoms with E-state index in [-0.39, 0.29) is 24.8 Å². The highest BCUT2D eigenvalue weighted by atomic mass is 16.6. The summed E-state index contributed by atoms with van der Waals surface area (Å²) in [6, 6.07) is 7.19. The van der Waals surface area contributed by atoms with E-state index in [1.54, 1.807) is 18.2 Å². The maximum absolute atomic E-state index is 11.9. The van der Waals surface area contributed by atoms with Gasteiger partial charge in [-0.15, -0.1) is 0 Å². The lowest BCUT2D eigenvalue weighted by molar-refractivity contribution is -0.147. The zero-order chi connectivity index (χ0) is 14.7. The van der Waals surface area contributed by atoms with Crippen LogP contribution in [0.2, 0.25) is 0 Å². The minimum absolute atomic E-state index is 0.0140. The van der Waals surface area contributed by atoms with Crippen molar-refractivity contribution in [3.8, 4) is 0 Å². The second-order valence-corrected chi connectivity index (χ2v) is 4.99. The van der Waals surface area contributed by atoms with Crippen molar-refractivity contribution in [2.75, 3.05) is 13.2 Å². The largest absolute Gasteiger partial charge is 0.462 e. The van der Waals surface area contributed by atoms with Gasteiger partial charge in [0.15, 0.2) is 0 Å². The van der Waals surface area contributed by atoms with Crippen LogP contribution >= 0.6 is 0 Å². The average molecular weight is 288 g/mol. The SMILES string of the molecule is O=C(Cn1c(=O)cnc2ccccc21)OCC1CCCO1. The Balaban J connectivity index is 1.73. The number of aromatic nitrogens is 2. The number of carbonyl (C=O) groups excluding carboxylic acids is 1. The molecule has 1 unspecified atom stereocenters. The van der Waals surface area contributed by atoms with Gasteiger partial charge in [0, 0.05) is 6.61 Å². The zero-order valence-electron chi connectivity index (χ0n) is 11.5. The number of para-hydroxylation sites is 2. The Morgan fingerprint density at radius 1 is 1.43 bits per heavy atom. The van der Waals surface area contributed by atoms with E-state index in [0.717, 1.165) is 19.4 Å². The fourth-order valence-electron chi connectivity index (χ4n) is 2.41. The van der Waals surface area contributed by atoms with Crippen molar-refractivity contribution < 1.29 is 14.3 Å². The van der Waals surface area contributed by atoms with Crippen LogP contribution in [0.25, 0.3) is 11.0 Å². The van der Waals surface area contributed by atoms with Gasteiger partial charge in [-0.25, -0.2) is 4.98 Å². The Labute approximate surface area is 121 Å². The molecule has 1 aliphatic heterocycles. The van der Waals surface area contributed by atoms with Crippen molar-refractivity contribution in [2.24, 2.45) is 0 Å².